The van der Waals surface area contributed by atoms with Gasteiger partial charge in [-0.25, -0.2) is 0 Å². The molecular weight excluding hydrogens is 192 g/mol. The molecule has 0 amide bonds. The largest absolute Gasteiger partial charge is 0.481 e. The molecule has 82 valence electrons. The molecule has 15 heavy (non-hydrogen) atoms. The monoisotopic (exact) mass is 208 g/mol. The fraction of sp³-hybridized carbons (Fsp3) is 0.636. The third-order valence-corrected chi connectivity index (χ3v) is 3.23. The molecule has 0 saturated heterocycles. The van der Waals surface area contributed by atoms with Crippen molar-refractivity contribution in [1.82, 2.24) is 9.78 Å². The van der Waals surface area contributed by atoms with E-state index in [1.54, 1.807) is 4.68 Å². The van der Waals surface area contributed by atoms with Gasteiger partial charge in [0.2, 0.25) is 0 Å². The number of aromatic nitrogens is 2. The van der Waals surface area contributed by atoms with Gasteiger partial charge in [-0.15, -0.1) is 0 Å². The molecule has 0 radical (unpaired) electrons. The minimum atomic E-state index is -0.638. The van der Waals surface area contributed by atoms with Crippen molar-refractivity contribution in [3.05, 3.63) is 18.0 Å². The summed E-state index contributed by atoms with van der Waals surface area (Å²) in [6.07, 6.45) is 7.56. The third-order valence-electron chi connectivity index (χ3n) is 3.23. The van der Waals surface area contributed by atoms with Crippen LogP contribution in [0.5, 0.6) is 0 Å². The predicted octanol–water partition coefficient (Wildman–Crippen LogP) is 1.46. The molecule has 4 nitrogen and oxygen atoms in total. The lowest BCUT2D eigenvalue weighted by Crippen LogP contribution is -2.19. The quantitative estimate of drug-likeness (QED) is 0.818. The Morgan fingerprint density at radius 3 is 3.07 bits per heavy atom. The maximum atomic E-state index is 11.0. The summed E-state index contributed by atoms with van der Waals surface area (Å²) in [5.41, 5.74) is 1.15. The van der Waals surface area contributed by atoms with Crippen molar-refractivity contribution >= 4 is 5.97 Å². The number of carboxylic acids is 1. The summed E-state index contributed by atoms with van der Waals surface area (Å²) in [5.74, 6) is -0.488. The lowest BCUT2D eigenvalue weighted by molar-refractivity contribution is -0.142. The van der Waals surface area contributed by atoms with E-state index in [2.05, 4.69) is 5.10 Å². The number of carbonyl (C=O) groups is 1. The molecule has 1 fully saturated rings. The van der Waals surface area contributed by atoms with E-state index in [9.17, 15) is 4.79 Å². The number of rotatable bonds is 3. The van der Waals surface area contributed by atoms with Gasteiger partial charge in [0.1, 0.15) is 0 Å². The highest BCUT2D eigenvalue weighted by Crippen LogP contribution is 2.34. The summed E-state index contributed by atoms with van der Waals surface area (Å²) in [4.78, 5) is 11.0. The molecule has 1 aliphatic rings. The number of hydrogen-bond acceptors (Lipinski definition) is 2. The van der Waals surface area contributed by atoms with Crippen molar-refractivity contribution in [2.24, 2.45) is 18.9 Å². The molecule has 2 atom stereocenters. The first kappa shape index (κ1) is 10.2. The second kappa shape index (κ2) is 4.04. The summed E-state index contributed by atoms with van der Waals surface area (Å²) in [6, 6.07) is 0. The highest BCUT2D eigenvalue weighted by atomic mass is 16.4. The Balaban J connectivity index is 2.02. The fourth-order valence-corrected chi connectivity index (χ4v) is 2.49. The minimum Gasteiger partial charge on any atom is -0.481 e. The van der Waals surface area contributed by atoms with Gasteiger partial charge in [-0.05, 0) is 30.7 Å². The van der Waals surface area contributed by atoms with Crippen molar-refractivity contribution in [2.75, 3.05) is 0 Å². The zero-order chi connectivity index (χ0) is 10.8. The first-order valence-electron chi connectivity index (χ1n) is 5.37. The molecule has 2 unspecified atom stereocenters. The molecule has 4 heteroatoms. The number of aryl methyl sites for hydroxylation is 1. The van der Waals surface area contributed by atoms with Crippen LogP contribution in [-0.2, 0) is 18.3 Å². The van der Waals surface area contributed by atoms with Gasteiger partial charge in [-0.2, -0.15) is 5.10 Å². The molecule has 0 bridgehead atoms. The standard InChI is InChI=1S/C11H16N2O2/c1-13-7-8(6-12-13)5-9-3-2-4-10(9)11(14)15/h6-7,9-10H,2-5H2,1H3,(H,14,15). The molecule has 1 N–H and O–H groups in total. The van der Waals surface area contributed by atoms with E-state index in [4.69, 9.17) is 5.11 Å². The van der Waals surface area contributed by atoms with Crippen LogP contribution in [0, 0.1) is 11.8 Å². The zero-order valence-electron chi connectivity index (χ0n) is 8.89. The van der Waals surface area contributed by atoms with Crippen LogP contribution < -0.4 is 0 Å². The maximum Gasteiger partial charge on any atom is 0.306 e. The molecule has 0 aliphatic heterocycles. The Hall–Kier alpha value is -1.32. The Morgan fingerprint density at radius 2 is 2.47 bits per heavy atom. The van der Waals surface area contributed by atoms with E-state index in [0.29, 0.717) is 5.92 Å². The van der Waals surface area contributed by atoms with Crippen LogP contribution in [0.1, 0.15) is 24.8 Å². The Bertz CT molecular complexity index is 359. The molecule has 1 heterocycles. The molecule has 0 spiro atoms. The Labute approximate surface area is 88.9 Å². The predicted molar refractivity (Wildman–Crippen MR) is 55.4 cm³/mol. The summed E-state index contributed by atoms with van der Waals surface area (Å²) < 4.78 is 1.76. The van der Waals surface area contributed by atoms with Crippen molar-refractivity contribution in [1.29, 1.82) is 0 Å². The molecule has 0 aromatic carbocycles. The van der Waals surface area contributed by atoms with Crippen LogP contribution in [0.3, 0.4) is 0 Å². The van der Waals surface area contributed by atoms with Gasteiger partial charge in [0.25, 0.3) is 0 Å². The topological polar surface area (TPSA) is 55.1 Å². The number of aliphatic carboxylic acids is 1. The average molecular weight is 208 g/mol. The highest BCUT2D eigenvalue weighted by molar-refractivity contribution is 5.70. The maximum absolute atomic E-state index is 11.0. The van der Waals surface area contributed by atoms with Crippen LogP contribution in [0.4, 0.5) is 0 Å². The van der Waals surface area contributed by atoms with Gasteiger partial charge in [-0.1, -0.05) is 6.42 Å². The summed E-state index contributed by atoms with van der Waals surface area (Å²) in [6.45, 7) is 0. The van der Waals surface area contributed by atoms with E-state index in [1.807, 2.05) is 19.4 Å². The van der Waals surface area contributed by atoms with Gasteiger partial charge in [0, 0.05) is 13.2 Å². The van der Waals surface area contributed by atoms with Gasteiger partial charge in [0.05, 0.1) is 12.1 Å². The van der Waals surface area contributed by atoms with Gasteiger partial charge < -0.3 is 5.11 Å². The van der Waals surface area contributed by atoms with E-state index >= 15 is 0 Å². The minimum absolute atomic E-state index is 0.148. The van der Waals surface area contributed by atoms with Crippen LogP contribution in [0.25, 0.3) is 0 Å². The Kier molecular flexibility index (Phi) is 2.75. The molecule has 2 rings (SSSR count). The van der Waals surface area contributed by atoms with Crippen LogP contribution in [0.15, 0.2) is 12.4 Å². The first-order chi connectivity index (χ1) is 7.16. The first-order valence-corrected chi connectivity index (χ1v) is 5.37. The molecule has 1 saturated carbocycles. The smallest absolute Gasteiger partial charge is 0.306 e. The van der Waals surface area contributed by atoms with E-state index < -0.39 is 5.97 Å². The molecule has 1 aliphatic carbocycles. The van der Waals surface area contributed by atoms with Crippen molar-refractivity contribution in [2.45, 2.75) is 25.7 Å². The SMILES string of the molecule is Cn1cc(CC2CCCC2C(=O)O)cn1. The van der Waals surface area contributed by atoms with Crippen LogP contribution >= 0.6 is 0 Å². The van der Waals surface area contributed by atoms with Crippen LogP contribution in [0.2, 0.25) is 0 Å². The average Bonchev–Trinajstić information content (AvgIpc) is 2.75. The second-order valence-electron chi connectivity index (χ2n) is 4.36. The lowest BCUT2D eigenvalue weighted by atomic mass is 9.91. The van der Waals surface area contributed by atoms with Crippen molar-refractivity contribution < 1.29 is 9.90 Å². The summed E-state index contributed by atoms with van der Waals surface area (Å²) in [7, 11) is 1.88. The van der Waals surface area contributed by atoms with Crippen molar-refractivity contribution in [3.63, 3.8) is 0 Å². The fourth-order valence-electron chi connectivity index (χ4n) is 2.49. The second-order valence-corrected chi connectivity index (χ2v) is 4.36. The summed E-state index contributed by atoms with van der Waals surface area (Å²) in [5, 5.41) is 13.1. The number of nitrogens with zero attached hydrogens (tertiary/aromatic N) is 2. The van der Waals surface area contributed by atoms with Gasteiger partial charge >= 0.3 is 5.97 Å². The lowest BCUT2D eigenvalue weighted by Gasteiger charge is -2.13. The highest BCUT2D eigenvalue weighted by Gasteiger charge is 2.32. The van der Waals surface area contributed by atoms with Crippen LogP contribution in [-0.4, -0.2) is 20.9 Å². The molecular formula is C11H16N2O2. The van der Waals surface area contributed by atoms with Gasteiger partial charge in [-0.3, -0.25) is 9.48 Å². The van der Waals surface area contributed by atoms with E-state index in [-0.39, 0.29) is 5.92 Å². The number of carboxylic acid groups (broad SMARTS) is 1. The van der Waals surface area contributed by atoms with E-state index in [0.717, 1.165) is 31.2 Å². The number of hydrogen-bond donors (Lipinski definition) is 1. The normalized spacial score (nSPS) is 25.7. The summed E-state index contributed by atoms with van der Waals surface area (Å²) >= 11 is 0. The van der Waals surface area contributed by atoms with E-state index in [1.165, 1.54) is 0 Å². The Morgan fingerprint density at radius 1 is 1.67 bits per heavy atom. The van der Waals surface area contributed by atoms with Crippen molar-refractivity contribution in [3.8, 4) is 0 Å². The zero-order valence-corrected chi connectivity index (χ0v) is 8.89. The third kappa shape index (κ3) is 2.19. The molecule has 1 aromatic rings. The van der Waals surface area contributed by atoms with Gasteiger partial charge in [0.15, 0.2) is 0 Å². The molecule has 1 aromatic heterocycles.